The summed E-state index contributed by atoms with van der Waals surface area (Å²) in [5, 5.41) is 2.05. The van der Waals surface area contributed by atoms with Crippen molar-refractivity contribution in [3.8, 4) is 0 Å². The molecule has 0 fully saturated rings. The molecule has 2 aliphatic heterocycles. The van der Waals surface area contributed by atoms with E-state index in [0.717, 1.165) is 18.1 Å². The highest BCUT2D eigenvalue weighted by Gasteiger charge is 2.32. The number of benzene rings is 1. The van der Waals surface area contributed by atoms with Gasteiger partial charge in [0, 0.05) is 30.2 Å². The number of nitrogens with zero attached hydrogens (tertiary/aromatic N) is 2. The number of halogens is 1. The molecule has 19 heavy (non-hydrogen) atoms. The van der Waals surface area contributed by atoms with Gasteiger partial charge in [-0.25, -0.2) is 0 Å². The summed E-state index contributed by atoms with van der Waals surface area (Å²) in [6.07, 6.45) is 4.53. The Labute approximate surface area is 118 Å². The average Bonchev–Trinajstić information content (AvgIpc) is 2.70. The summed E-state index contributed by atoms with van der Waals surface area (Å²) >= 11 is 6.36. The van der Waals surface area contributed by atoms with Crippen LogP contribution >= 0.6 is 11.6 Å². The molecule has 0 saturated carbocycles. The van der Waals surface area contributed by atoms with Crippen LogP contribution < -0.4 is 0 Å². The van der Waals surface area contributed by atoms with E-state index in [1.165, 1.54) is 22.0 Å². The Kier molecular flexibility index (Phi) is 2.36. The van der Waals surface area contributed by atoms with E-state index in [2.05, 4.69) is 53.9 Å². The number of likely N-dealkylation sites (N-methyl/N-ethyl adjacent to an activating group) is 1. The molecular formula is C16H17ClN2. The third-order valence-corrected chi connectivity index (χ3v) is 4.76. The van der Waals surface area contributed by atoms with Crippen molar-refractivity contribution in [1.29, 1.82) is 0 Å². The van der Waals surface area contributed by atoms with Gasteiger partial charge in [0.05, 0.1) is 16.6 Å². The molecule has 0 N–H and O–H groups in total. The van der Waals surface area contributed by atoms with E-state index < -0.39 is 0 Å². The zero-order chi connectivity index (χ0) is 13.1. The van der Waals surface area contributed by atoms with Gasteiger partial charge in [0.1, 0.15) is 0 Å². The lowest BCUT2D eigenvalue weighted by Gasteiger charge is -2.39. The summed E-state index contributed by atoms with van der Waals surface area (Å²) in [6, 6.07) is 6.96. The van der Waals surface area contributed by atoms with Crippen LogP contribution in [0.15, 0.2) is 30.5 Å². The topological polar surface area (TPSA) is 8.17 Å². The van der Waals surface area contributed by atoms with Gasteiger partial charge in [0.15, 0.2) is 0 Å². The summed E-state index contributed by atoms with van der Waals surface area (Å²) < 4.78 is 2.32. The lowest BCUT2D eigenvalue weighted by molar-refractivity contribution is 0.234. The highest BCUT2D eigenvalue weighted by molar-refractivity contribution is 6.36. The van der Waals surface area contributed by atoms with Crippen molar-refractivity contribution in [1.82, 2.24) is 9.47 Å². The van der Waals surface area contributed by atoms with Gasteiger partial charge < -0.3 is 4.57 Å². The number of hydrogen-bond donors (Lipinski definition) is 0. The van der Waals surface area contributed by atoms with E-state index in [0.29, 0.717) is 12.0 Å². The van der Waals surface area contributed by atoms with Crippen molar-refractivity contribution in [3.05, 3.63) is 41.1 Å². The zero-order valence-corrected chi connectivity index (χ0v) is 12.0. The average molecular weight is 273 g/mol. The zero-order valence-electron chi connectivity index (χ0n) is 11.2. The molecule has 2 atom stereocenters. The highest BCUT2D eigenvalue weighted by Crippen LogP contribution is 2.40. The second kappa shape index (κ2) is 3.87. The van der Waals surface area contributed by atoms with Crippen LogP contribution in [-0.2, 0) is 6.54 Å². The number of rotatable bonds is 0. The van der Waals surface area contributed by atoms with Gasteiger partial charge in [-0.2, -0.15) is 0 Å². The van der Waals surface area contributed by atoms with Crippen LogP contribution in [0.3, 0.4) is 0 Å². The van der Waals surface area contributed by atoms with Crippen LogP contribution in [0, 0.1) is 5.92 Å². The lowest BCUT2D eigenvalue weighted by Crippen LogP contribution is -2.43. The molecule has 0 radical (unpaired) electrons. The Bertz CT molecular complexity index is 698. The van der Waals surface area contributed by atoms with Crippen molar-refractivity contribution in [2.75, 3.05) is 13.6 Å². The number of fused-ring (bicyclic) bond motifs is 2. The molecule has 2 aromatic rings. The number of hydrogen-bond acceptors (Lipinski definition) is 1. The minimum atomic E-state index is 0.484. The van der Waals surface area contributed by atoms with Gasteiger partial charge in [0.2, 0.25) is 0 Å². The standard InChI is InChI=1S/C16H17ClN2/c1-10-6-13-11-4-3-5-12-14(17)8-19(16(11)12)9-15(13)18(2)7-10/h3-6,8,10,15H,7,9H2,1-2H3/t10-,15?/m1/s1. The molecule has 0 saturated heterocycles. The maximum absolute atomic E-state index is 6.36. The molecule has 0 amide bonds. The van der Waals surface area contributed by atoms with E-state index in [-0.39, 0.29) is 0 Å². The van der Waals surface area contributed by atoms with E-state index >= 15 is 0 Å². The van der Waals surface area contributed by atoms with Gasteiger partial charge in [-0.1, -0.05) is 42.8 Å². The Morgan fingerprint density at radius 3 is 2.95 bits per heavy atom. The smallest absolute Gasteiger partial charge is 0.0661 e. The van der Waals surface area contributed by atoms with Crippen LogP contribution in [0.1, 0.15) is 12.5 Å². The molecule has 1 aromatic carbocycles. The Morgan fingerprint density at radius 2 is 2.11 bits per heavy atom. The van der Waals surface area contributed by atoms with Gasteiger partial charge in [0.25, 0.3) is 0 Å². The van der Waals surface area contributed by atoms with Gasteiger partial charge in [-0.15, -0.1) is 0 Å². The quantitative estimate of drug-likeness (QED) is 0.711. The third-order valence-electron chi connectivity index (χ3n) is 4.46. The summed E-state index contributed by atoms with van der Waals surface area (Å²) in [4.78, 5) is 2.47. The van der Waals surface area contributed by atoms with E-state index in [9.17, 15) is 0 Å². The second-order valence-corrected chi connectivity index (χ2v) is 6.29. The lowest BCUT2D eigenvalue weighted by atomic mass is 9.86. The Hall–Kier alpha value is -1.25. The molecule has 0 spiro atoms. The number of para-hydroxylation sites is 1. The fourth-order valence-electron chi connectivity index (χ4n) is 3.68. The molecule has 1 aromatic heterocycles. The summed E-state index contributed by atoms with van der Waals surface area (Å²) in [5.41, 5.74) is 4.14. The molecule has 1 unspecified atom stereocenters. The van der Waals surface area contributed by atoms with Crippen molar-refractivity contribution in [2.24, 2.45) is 5.92 Å². The van der Waals surface area contributed by atoms with Crippen LogP contribution in [-0.4, -0.2) is 29.1 Å². The van der Waals surface area contributed by atoms with Gasteiger partial charge in [-0.05, 0) is 18.5 Å². The normalized spacial score (nSPS) is 26.4. The predicted octanol–water partition coefficient (Wildman–Crippen LogP) is 3.64. The minimum Gasteiger partial charge on any atom is -0.344 e. The molecule has 2 nitrogen and oxygen atoms in total. The molecule has 2 aliphatic rings. The highest BCUT2D eigenvalue weighted by atomic mass is 35.5. The van der Waals surface area contributed by atoms with Crippen LogP contribution in [0.25, 0.3) is 16.5 Å². The monoisotopic (exact) mass is 272 g/mol. The van der Waals surface area contributed by atoms with Crippen LogP contribution in [0.2, 0.25) is 5.02 Å². The van der Waals surface area contributed by atoms with E-state index in [1.54, 1.807) is 0 Å². The second-order valence-electron chi connectivity index (χ2n) is 5.89. The number of aromatic nitrogens is 1. The molecule has 3 heteroatoms. The van der Waals surface area contributed by atoms with Gasteiger partial charge >= 0.3 is 0 Å². The fourth-order valence-corrected chi connectivity index (χ4v) is 3.95. The van der Waals surface area contributed by atoms with Gasteiger partial charge in [-0.3, -0.25) is 4.90 Å². The Balaban J connectivity index is 2.04. The molecular weight excluding hydrogens is 256 g/mol. The van der Waals surface area contributed by atoms with Crippen molar-refractivity contribution in [3.63, 3.8) is 0 Å². The summed E-state index contributed by atoms with van der Waals surface area (Å²) in [6.45, 7) is 4.43. The predicted molar refractivity (Wildman–Crippen MR) is 80.5 cm³/mol. The SMILES string of the molecule is C[C@@H]1C=C2c3cccc4c(Cl)cn(c34)CC2N(C)C1. The first kappa shape index (κ1) is 11.6. The summed E-state index contributed by atoms with van der Waals surface area (Å²) in [7, 11) is 2.23. The van der Waals surface area contributed by atoms with Crippen molar-refractivity contribution in [2.45, 2.75) is 19.5 Å². The molecule has 98 valence electrons. The van der Waals surface area contributed by atoms with Crippen molar-refractivity contribution < 1.29 is 0 Å². The first-order valence-corrected chi connectivity index (χ1v) is 7.22. The van der Waals surface area contributed by atoms with E-state index in [1.807, 2.05) is 0 Å². The molecule has 0 bridgehead atoms. The van der Waals surface area contributed by atoms with E-state index in [4.69, 9.17) is 11.6 Å². The molecule has 4 rings (SSSR count). The molecule has 0 aliphatic carbocycles. The fraction of sp³-hybridized carbons (Fsp3) is 0.375. The molecule has 3 heterocycles. The van der Waals surface area contributed by atoms with Crippen molar-refractivity contribution >= 4 is 28.1 Å². The first-order chi connectivity index (χ1) is 9.15. The first-order valence-electron chi connectivity index (χ1n) is 6.85. The van der Waals surface area contributed by atoms with Crippen LogP contribution in [0.5, 0.6) is 0 Å². The maximum Gasteiger partial charge on any atom is 0.0661 e. The Morgan fingerprint density at radius 1 is 1.26 bits per heavy atom. The summed E-state index contributed by atoms with van der Waals surface area (Å²) in [5.74, 6) is 0.614. The minimum absolute atomic E-state index is 0.484. The largest absolute Gasteiger partial charge is 0.344 e. The third kappa shape index (κ3) is 1.53. The maximum atomic E-state index is 6.36. The van der Waals surface area contributed by atoms with Crippen LogP contribution in [0.4, 0.5) is 0 Å².